The third-order valence-corrected chi connectivity index (χ3v) is 3.12. The number of aromatic carboxylic acids is 1. The van der Waals surface area contributed by atoms with Crippen LogP contribution in [0.15, 0.2) is 22.6 Å². The molecular weight excluding hydrogens is 256 g/mol. The summed E-state index contributed by atoms with van der Waals surface area (Å²) in [6, 6.07) is 5.57. The molecule has 0 aliphatic rings. The van der Waals surface area contributed by atoms with Gasteiger partial charge >= 0.3 is 5.97 Å². The van der Waals surface area contributed by atoms with E-state index < -0.39 is 5.97 Å². The van der Waals surface area contributed by atoms with Crippen LogP contribution in [0.1, 0.15) is 33.3 Å². The van der Waals surface area contributed by atoms with Crippen molar-refractivity contribution in [3.05, 3.63) is 46.7 Å². The molecule has 20 heavy (non-hydrogen) atoms. The van der Waals surface area contributed by atoms with E-state index in [0.717, 1.165) is 17.2 Å². The van der Waals surface area contributed by atoms with Gasteiger partial charge in [0.15, 0.2) is 0 Å². The molecule has 2 heterocycles. The van der Waals surface area contributed by atoms with Gasteiger partial charge in [-0.25, -0.2) is 4.79 Å². The minimum absolute atomic E-state index is 0.237. The molecule has 0 bridgehead atoms. The molecule has 106 valence electrons. The number of anilines is 1. The fourth-order valence-corrected chi connectivity index (χ4v) is 2.26. The number of carboxylic acid groups (broad SMARTS) is 1. The number of carboxylic acids is 1. The van der Waals surface area contributed by atoms with Gasteiger partial charge in [-0.3, -0.25) is 4.98 Å². The van der Waals surface area contributed by atoms with Gasteiger partial charge in [0.05, 0.1) is 17.9 Å². The van der Waals surface area contributed by atoms with Crippen molar-refractivity contribution in [2.45, 2.75) is 27.3 Å². The molecule has 0 unspecified atom stereocenters. The third-order valence-electron chi connectivity index (χ3n) is 3.12. The summed E-state index contributed by atoms with van der Waals surface area (Å²) in [6.07, 6.45) is 0. The van der Waals surface area contributed by atoms with E-state index in [1.54, 1.807) is 13.0 Å². The van der Waals surface area contributed by atoms with E-state index in [0.29, 0.717) is 17.9 Å². The molecule has 2 aromatic heterocycles. The van der Waals surface area contributed by atoms with Crippen LogP contribution in [0.25, 0.3) is 0 Å². The van der Waals surface area contributed by atoms with Crippen molar-refractivity contribution in [3.63, 3.8) is 0 Å². The largest absolute Gasteiger partial charge is 0.478 e. The summed E-state index contributed by atoms with van der Waals surface area (Å²) in [5.41, 5.74) is 2.21. The lowest BCUT2D eigenvalue weighted by atomic mass is 10.1. The number of aromatic nitrogens is 1. The minimum Gasteiger partial charge on any atom is -0.478 e. The average Bonchev–Trinajstić information content (AvgIpc) is 2.72. The predicted molar refractivity (Wildman–Crippen MR) is 76.2 cm³/mol. The Kier molecular flexibility index (Phi) is 3.79. The Morgan fingerprint density at radius 2 is 2.05 bits per heavy atom. The lowest BCUT2D eigenvalue weighted by molar-refractivity contribution is 0.0696. The van der Waals surface area contributed by atoms with Gasteiger partial charge in [0.25, 0.3) is 0 Å². The van der Waals surface area contributed by atoms with Gasteiger partial charge in [-0.2, -0.15) is 0 Å². The van der Waals surface area contributed by atoms with Crippen LogP contribution < -0.4 is 4.90 Å². The van der Waals surface area contributed by atoms with Gasteiger partial charge in [0.1, 0.15) is 17.1 Å². The Bertz CT molecular complexity index is 647. The second kappa shape index (κ2) is 5.36. The molecule has 0 amide bonds. The normalized spacial score (nSPS) is 10.6. The van der Waals surface area contributed by atoms with Crippen molar-refractivity contribution < 1.29 is 14.3 Å². The quantitative estimate of drug-likeness (QED) is 0.928. The standard InChI is InChI=1S/C15H18N2O3/c1-9-7-13(14(15(18)19)11(3)16-9)17(4)8-12-6-5-10(2)20-12/h5-7H,8H2,1-4H3,(H,18,19). The van der Waals surface area contributed by atoms with Gasteiger partial charge in [-0.15, -0.1) is 0 Å². The SMILES string of the molecule is Cc1cc(N(C)Cc2ccc(C)o2)c(C(=O)O)c(C)n1. The highest BCUT2D eigenvalue weighted by Crippen LogP contribution is 2.25. The van der Waals surface area contributed by atoms with Crippen molar-refractivity contribution in [1.82, 2.24) is 4.98 Å². The summed E-state index contributed by atoms with van der Waals surface area (Å²) in [7, 11) is 1.85. The fourth-order valence-electron chi connectivity index (χ4n) is 2.26. The monoisotopic (exact) mass is 274 g/mol. The zero-order valence-corrected chi connectivity index (χ0v) is 12.1. The Labute approximate surface area is 117 Å². The lowest BCUT2D eigenvalue weighted by Gasteiger charge is -2.21. The van der Waals surface area contributed by atoms with Crippen molar-refractivity contribution in [2.75, 3.05) is 11.9 Å². The number of aryl methyl sites for hydroxylation is 3. The highest BCUT2D eigenvalue weighted by Gasteiger charge is 2.19. The summed E-state index contributed by atoms with van der Waals surface area (Å²) in [5, 5.41) is 9.37. The highest BCUT2D eigenvalue weighted by atomic mass is 16.4. The van der Waals surface area contributed by atoms with E-state index in [2.05, 4.69) is 4.98 Å². The number of rotatable bonds is 4. The molecule has 0 aliphatic heterocycles. The first-order valence-electron chi connectivity index (χ1n) is 6.36. The van der Waals surface area contributed by atoms with Crippen molar-refractivity contribution >= 4 is 11.7 Å². The van der Waals surface area contributed by atoms with Crippen LogP contribution in [0.3, 0.4) is 0 Å². The molecule has 2 rings (SSSR count). The smallest absolute Gasteiger partial charge is 0.339 e. The molecule has 0 atom stereocenters. The maximum Gasteiger partial charge on any atom is 0.339 e. The second-order valence-corrected chi connectivity index (χ2v) is 4.92. The summed E-state index contributed by atoms with van der Waals surface area (Å²) in [6.45, 7) is 5.96. The predicted octanol–water partition coefficient (Wildman–Crippen LogP) is 2.93. The minimum atomic E-state index is -0.965. The number of nitrogens with zero attached hydrogens (tertiary/aromatic N) is 2. The van der Waals surface area contributed by atoms with E-state index in [-0.39, 0.29) is 5.56 Å². The molecule has 0 spiro atoms. The van der Waals surface area contributed by atoms with Crippen molar-refractivity contribution in [2.24, 2.45) is 0 Å². The van der Waals surface area contributed by atoms with Crippen LogP contribution in [0.2, 0.25) is 0 Å². The third kappa shape index (κ3) is 2.82. The van der Waals surface area contributed by atoms with Crippen molar-refractivity contribution in [3.8, 4) is 0 Å². The first kappa shape index (κ1) is 14.1. The Morgan fingerprint density at radius 1 is 1.35 bits per heavy atom. The van der Waals surface area contributed by atoms with E-state index in [1.807, 2.05) is 37.9 Å². The van der Waals surface area contributed by atoms with E-state index >= 15 is 0 Å². The van der Waals surface area contributed by atoms with Gasteiger partial charge < -0.3 is 14.4 Å². The highest BCUT2D eigenvalue weighted by molar-refractivity contribution is 5.95. The number of hydrogen-bond donors (Lipinski definition) is 1. The number of furan rings is 1. The van der Waals surface area contributed by atoms with Crippen LogP contribution in [0, 0.1) is 20.8 Å². The molecule has 0 fully saturated rings. The molecule has 0 radical (unpaired) electrons. The second-order valence-electron chi connectivity index (χ2n) is 4.92. The van der Waals surface area contributed by atoms with E-state index in [9.17, 15) is 9.90 Å². The molecule has 5 nitrogen and oxygen atoms in total. The molecule has 0 saturated heterocycles. The first-order chi connectivity index (χ1) is 9.38. The molecule has 1 N–H and O–H groups in total. The fraction of sp³-hybridized carbons (Fsp3) is 0.333. The van der Waals surface area contributed by atoms with Crippen molar-refractivity contribution in [1.29, 1.82) is 0 Å². The lowest BCUT2D eigenvalue weighted by Crippen LogP contribution is -2.20. The number of carbonyl (C=O) groups is 1. The van der Waals surface area contributed by atoms with Gasteiger partial charge in [-0.1, -0.05) is 0 Å². The average molecular weight is 274 g/mol. The maximum absolute atomic E-state index is 11.4. The van der Waals surface area contributed by atoms with Crippen LogP contribution in [-0.2, 0) is 6.54 Å². The summed E-state index contributed by atoms with van der Waals surface area (Å²) < 4.78 is 5.53. The van der Waals surface area contributed by atoms with E-state index in [4.69, 9.17) is 4.42 Å². The molecule has 0 aliphatic carbocycles. The Balaban J connectivity index is 2.38. The summed E-state index contributed by atoms with van der Waals surface area (Å²) in [5.74, 6) is 0.676. The molecule has 5 heteroatoms. The Hall–Kier alpha value is -2.30. The van der Waals surface area contributed by atoms with Crippen LogP contribution >= 0.6 is 0 Å². The summed E-state index contributed by atoms with van der Waals surface area (Å²) in [4.78, 5) is 17.5. The molecular formula is C15H18N2O3. The van der Waals surface area contributed by atoms with E-state index in [1.165, 1.54) is 0 Å². The maximum atomic E-state index is 11.4. The van der Waals surface area contributed by atoms with Crippen LogP contribution in [0.5, 0.6) is 0 Å². The van der Waals surface area contributed by atoms with Crippen LogP contribution in [-0.4, -0.2) is 23.1 Å². The van der Waals surface area contributed by atoms with Gasteiger partial charge in [-0.05, 0) is 39.0 Å². The topological polar surface area (TPSA) is 66.6 Å². The zero-order valence-electron chi connectivity index (χ0n) is 12.1. The first-order valence-corrected chi connectivity index (χ1v) is 6.36. The number of hydrogen-bond acceptors (Lipinski definition) is 4. The Morgan fingerprint density at radius 3 is 2.60 bits per heavy atom. The zero-order chi connectivity index (χ0) is 14.9. The van der Waals surface area contributed by atoms with Crippen LogP contribution in [0.4, 0.5) is 5.69 Å². The molecule has 0 aromatic carbocycles. The molecule has 0 saturated carbocycles. The number of pyridine rings is 1. The van der Waals surface area contributed by atoms with Gasteiger partial charge in [0.2, 0.25) is 0 Å². The summed E-state index contributed by atoms with van der Waals surface area (Å²) >= 11 is 0. The van der Waals surface area contributed by atoms with Gasteiger partial charge in [0, 0.05) is 12.7 Å². The molecule has 2 aromatic rings.